The highest BCUT2D eigenvalue weighted by molar-refractivity contribution is 7.25. The van der Waals surface area contributed by atoms with Crippen molar-refractivity contribution in [1.82, 2.24) is 0 Å². The Morgan fingerprint density at radius 3 is 1.98 bits per heavy atom. The van der Waals surface area contributed by atoms with Gasteiger partial charge in [0, 0.05) is 53.4 Å². The van der Waals surface area contributed by atoms with Crippen LogP contribution in [0.5, 0.6) is 0 Å². The molecule has 10 aromatic rings. The second-order valence-electron chi connectivity index (χ2n) is 14.5. The molecule has 2 nitrogen and oxygen atoms in total. The van der Waals surface area contributed by atoms with Crippen LogP contribution in [0.1, 0.15) is 25.0 Å². The van der Waals surface area contributed by atoms with Crippen molar-refractivity contribution in [2.24, 2.45) is 0 Å². The summed E-state index contributed by atoms with van der Waals surface area (Å²) >= 11 is 1.86. The fraction of sp³-hybridized carbons (Fsp3) is 0.0612. The number of benzene rings is 8. The predicted molar refractivity (Wildman–Crippen MR) is 222 cm³/mol. The van der Waals surface area contributed by atoms with Crippen molar-refractivity contribution in [1.29, 1.82) is 0 Å². The van der Waals surface area contributed by atoms with E-state index in [1.807, 2.05) is 11.3 Å². The fourth-order valence-electron chi connectivity index (χ4n) is 8.76. The molecule has 0 spiro atoms. The first-order chi connectivity index (χ1) is 25.5. The molecule has 246 valence electrons. The van der Waals surface area contributed by atoms with Crippen LogP contribution in [0.2, 0.25) is 0 Å². The summed E-state index contributed by atoms with van der Waals surface area (Å²) in [6.07, 6.45) is 0. The summed E-state index contributed by atoms with van der Waals surface area (Å²) in [5.74, 6) is 0. The van der Waals surface area contributed by atoms with Crippen molar-refractivity contribution in [2.75, 3.05) is 4.90 Å². The highest BCUT2D eigenvalue weighted by Crippen LogP contribution is 2.51. The van der Waals surface area contributed by atoms with Crippen molar-refractivity contribution in [3.63, 3.8) is 0 Å². The third kappa shape index (κ3) is 4.23. The molecule has 0 N–H and O–H groups in total. The molecule has 0 saturated heterocycles. The summed E-state index contributed by atoms with van der Waals surface area (Å²) in [7, 11) is 0. The highest BCUT2D eigenvalue weighted by Gasteiger charge is 2.35. The van der Waals surface area contributed by atoms with Gasteiger partial charge in [0.15, 0.2) is 0 Å². The molecule has 0 radical (unpaired) electrons. The second kappa shape index (κ2) is 10.9. The zero-order valence-corrected chi connectivity index (χ0v) is 29.7. The van der Waals surface area contributed by atoms with Gasteiger partial charge < -0.3 is 9.32 Å². The van der Waals surface area contributed by atoms with Crippen LogP contribution in [0, 0.1) is 0 Å². The lowest BCUT2D eigenvalue weighted by molar-refractivity contribution is 0.660. The molecule has 0 unspecified atom stereocenters. The Labute approximate surface area is 305 Å². The Hall–Kier alpha value is -6.16. The van der Waals surface area contributed by atoms with Gasteiger partial charge in [-0.3, -0.25) is 0 Å². The van der Waals surface area contributed by atoms with Gasteiger partial charge in [0.05, 0.1) is 0 Å². The first-order valence-electron chi connectivity index (χ1n) is 17.9. The van der Waals surface area contributed by atoms with Gasteiger partial charge in [-0.15, -0.1) is 11.3 Å². The zero-order chi connectivity index (χ0) is 34.6. The predicted octanol–water partition coefficient (Wildman–Crippen LogP) is 14.6. The third-order valence-corrected chi connectivity index (χ3v) is 12.4. The van der Waals surface area contributed by atoms with Gasteiger partial charge in [0.1, 0.15) is 11.2 Å². The molecular formula is C49H33NOS. The van der Waals surface area contributed by atoms with Crippen LogP contribution in [0.4, 0.5) is 17.1 Å². The molecular weight excluding hydrogens is 651 g/mol. The van der Waals surface area contributed by atoms with Gasteiger partial charge in [-0.05, 0) is 98.8 Å². The molecule has 2 aromatic heterocycles. The second-order valence-corrected chi connectivity index (χ2v) is 15.6. The highest BCUT2D eigenvalue weighted by atomic mass is 32.1. The standard InChI is InChI=1S/C49H33NOS/c1-49(2)42-18-10-8-15-35(42)36-23-20-32(27-43(36)49)50(33-21-24-38-37-16-9-11-19-46(37)52-47(38)28-33)31-22-25-44-41(26-31)48-39-17-7-6-14-34(39)40(29-45(48)51-44)30-12-4-3-5-13-30/h3-29H,1-2H3. The maximum Gasteiger partial charge on any atom is 0.136 e. The van der Waals surface area contributed by atoms with Gasteiger partial charge in [-0.25, -0.2) is 0 Å². The third-order valence-electron chi connectivity index (χ3n) is 11.2. The molecule has 8 aromatic carbocycles. The molecule has 0 bridgehead atoms. The molecule has 1 aliphatic rings. The summed E-state index contributed by atoms with van der Waals surface area (Å²) in [6, 6.07) is 59.9. The van der Waals surface area contributed by atoms with Crippen molar-refractivity contribution >= 4 is 81.3 Å². The van der Waals surface area contributed by atoms with Gasteiger partial charge >= 0.3 is 0 Å². The van der Waals surface area contributed by atoms with Crippen LogP contribution in [0.25, 0.3) is 75.1 Å². The Morgan fingerprint density at radius 2 is 1.10 bits per heavy atom. The number of nitrogens with zero attached hydrogens (tertiary/aromatic N) is 1. The van der Waals surface area contributed by atoms with Gasteiger partial charge in [-0.1, -0.05) is 123 Å². The average molecular weight is 684 g/mol. The number of furan rings is 1. The minimum atomic E-state index is -0.108. The zero-order valence-electron chi connectivity index (χ0n) is 28.9. The van der Waals surface area contributed by atoms with Crippen LogP contribution in [-0.2, 0) is 5.41 Å². The number of rotatable bonds is 4. The Bertz CT molecular complexity index is 3060. The largest absolute Gasteiger partial charge is 0.456 e. The monoisotopic (exact) mass is 683 g/mol. The lowest BCUT2D eigenvalue weighted by Gasteiger charge is -2.28. The molecule has 3 heteroatoms. The van der Waals surface area contributed by atoms with Crippen molar-refractivity contribution in [2.45, 2.75) is 19.3 Å². The molecule has 0 atom stereocenters. The minimum Gasteiger partial charge on any atom is -0.456 e. The van der Waals surface area contributed by atoms with E-state index in [0.29, 0.717) is 0 Å². The molecule has 11 rings (SSSR count). The summed E-state index contributed by atoms with van der Waals surface area (Å²) in [5, 5.41) is 7.30. The van der Waals surface area contributed by atoms with Gasteiger partial charge in [0.25, 0.3) is 0 Å². The van der Waals surface area contributed by atoms with Gasteiger partial charge in [0.2, 0.25) is 0 Å². The van der Waals surface area contributed by atoms with Crippen molar-refractivity contribution in [3.05, 3.63) is 175 Å². The number of fused-ring (bicyclic) bond motifs is 11. The van der Waals surface area contributed by atoms with Crippen molar-refractivity contribution in [3.8, 4) is 22.3 Å². The van der Waals surface area contributed by atoms with E-state index in [4.69, 9.17) is 4.42 Å². The quantitative estimate of drug-likeness (QED) is 0.184. The molecule has 1 aliphatic carbocycles. The van der Waals surface area contributed by atoms with E-state index in [1.165, 1.54) is 64.3 Å². The van der Waals surface area contributed by atoms with E-state index < -0.39 is 0 Å². The Balaban J connectivity index is 1.15. The van der Waals surface area contributed by atoms with E-state index in [1.54, 1.807) is 0 Å². The maximum absolute atomic E-state index is 6.67. The fourth-order valence-corrected chi connectivity index (χ4v) is 9.90. The Morgan fingerprint density at radius 1 is 0.442 bits per heavy atom. The molecule has 0 amide bonds. The lowest BCUT2D eigenvalue weighted by Crippen LogP contribution is -2.16. The molecule has 0 saturated carbocycles. The number of thiophene rings is 1. The van der Waals surface area contributed by atoms with Gasteiger partial charge in [-0.2, -0.15) is 0 Å². The van der Waals surface area contributed by atoms with E-state index >= 15 is 0 Å². The van der Waals surface area contributed by atoms with E-state index in [9.17, 15) is 0 Å². The summed E-state index contributed by atoms with van der Waals surface area (Å²) in [4.78, 5) is 2.43. The first kappa shape index (κ1) is 29.6. The van der Waals surface area contributed by atoms with Crippen LogP contribution < -0.4 is 4.90 Å². The van der Waals surface area contributed by atoms with E-state index in [-0.39, 0.29) is 5.41 Å². The lowest BCUT2D eigenvalue weighted by atomic mass is 9.82. The number of hydrogen-bond donors (Lipinski definition) is 0. The normalized spacial score (nSPS) is 13.3. The molecule has 52 heavy (non-hydrogen) atoms. The van der Waals surface area contributed by atoms with Crippen LogP contribution in [0.15, 0.2) is 168 Å². The van der Waals surface area contributed by atoms with Crippen LogP contribution in [0.3, 0.4) is 0 Å². The Kier molecular flexibility index (Phi) is 6.21. The van der Waals surface area contributed by atoms with Crippen LogP contribution >= 0.6 is 11.3 Å². The molecule has 2 heterocycles. The van der Waals surface area contributed by atoms with E-state index in [2.05, 4.69) is 183 Å². The number of hydrogen-bond acceptors (Lipinski definition) is 3. The topological polar surface area (TPSA) is 16.4 Å². The summed E-state index contributed by atoms with van der Waals surface area (Å²) in [5.41, 5.74) is 12.8. The molecule has 0 aliphatic heterocycles. The first-order valence-corrected chi connectivity index (χ1v) is 18.7. The minimum absolute atomic E-state index is 0.108. The molecule has 0 fully saturated rings. The number of anilines is 3. The van der Waals surface area contributed by atoms with Crippen LogP contribution in [-0.4, -0.2) is 0 Å². The van der Waals surface area contributed by atoms with E-state index in [0.717, 1.165) is 39.0 Å². The smallest absolute Gasteiger partial charge is 0.136 e. The van der Waals surface area contributed by atoms with Crippen molar-refractivity contribution < 1.29 is 4.42 Å². The summed E-state index contributed by atoms with van der Waals surface area (Å²) < 4.78 is 9.26. The SMILES string of the molecule is CC1(C)c2ccccc2-c2ccc(N(c3ccc4c(c3)sc3ccccc34)c3ccc4oc5cc(-c6ccccc6)c6ccccc6c5c4c3)cc21. The average Bonchev–Trinajstić information content (AvgIpc) is 3.82. The summed E-state index contributed by atoms with van der Waals surface area (Å²) in [6.45, 7) is 4.71. The maximum atomic E-state index is 6.67.